The van der Waals surface area contributed by atoms with Gasteiger partial charge in [-0.05, 0) is 38.3 Å². The van der Waals surface area contributed by atoms with Gasteiger partial charge < -0.3 is 19.1 Å². The van der Waals surface area contributed by atoms with Crippen LogP contribution in [0.25, 0.3) is 22.4 Å². The summed E-state index contributed by atoms with van der Waals surface area (Å²) in [6.45, 7) is 4.75. The quantitative estimate of drug-likeness (QED) is 0.571. The van der Waals surface area contributed by atoms with Crippen molar-refractivity contribution >= 4 is 22.8 Å². The van der Waals surface area contributed by atoms with Crippen LogP contribution in [0.2, 0.25) is 0 Å². The summed E-state index contributed by atoms with van der Waals surface area (Å²) in [6, 6.07) is 3.85. The first kappa shape index (κ1) is 20.9. The van der Waals surface area contributed by atoms with Crippen LogP contribution in [0.4, 0.5) is 5.82 Å². The first-order chi connectivity index (χ1) is 15.6. The molecule has 0 saturated carbocycles. The third-order valence-electron chi connectivity index (χ3n) is 6.15. The third kappa shape index (κ3) is 3.63. The van der Waals surface area contributed by atoms with Gasteiger partial charge in [0.05, 0.1) is 31.9 Å². The van der Waals surface area contributed by atoms with Crippen molar-refractivity contribution in [1.29, 1.82) is 0 Å². The van der Waals surface area contributed by atoms with E-state index in [9.17, 15) is 4.79 Å². The van der Waals surface area contributed by atoms with Gasteiger partial charge in [0.2, 0.25) is 0 Å². The normalized spacial score (nSPS) is 21.8. The zero-order chi connectivity index (χ0) is 22.2. The molecule has 2 aliphatic heterocycles. The number of carbonyl (C=O) groups is 1. The monoisotopic (exact) mass is 440 g/mol. The molecule has 0 aromatic carbocycles. The molecule has 170 valence electrons. The maximum absolute atomic E-state index is 12.7. The van der Waals surface area contributed by atoms with Crippen LogP contribution in [0.3, 0.4) is 0 Å². The number of hydrogen-bond acceptors (Lipinski definition) is 8. The number of pyridine rings is 1. The molecule has 0 N–H and O–H groups in total. The van der Waals surface area contributed by atoms with Crippen molar-refractivity contribution < 1.29 is 19.0 Å². The number of anilines is 1. The van der Waals surface area contributed by atoms with E-state index in [0.29, 0.717) is 53.6 Å². The number of hydrogen-bond donors (Lipinski definition) is 0. The molecule has 0 spiro atoms. The first-order valence-electron chi connectivity index (χ1n) is 11.0. The number of esters is 1. The van der Waals surface area contributed by atoms with Crippen LogP contribution in [0.15, 0.2) is 18.3 Å². The fourth-order valence-corrected chi connectivity index (χ4v) is 4.47. The van der Waals surface area contributed by atoms with Crippen molar-refractivity contribution in [2.75, 3.05) is 38.4 Å². The minimum Gasteiger partial charge on any atom is -0.465 e. The molecule has 32 heavy (non-hydrogen) atoms. The number of aryl methyl sites for hydroxylation is 1. The van der Waals surface area contributed by atoms with Gasteiger partial charge in [-0.15, -0.1) is 0 Å². The number of aromatic nitrogens is 5. The van der Waals surface area contributed by atoms with Gasteiger partial charge in [-0.2, -0.15) is 10.2 Å². The molecular weight excluding hydrogens is 412 g/mol. The zero-order valence-electron chi connectivity index (χ0n) is 18.7. The van der Waals surface area contributed by atoms with Crippen LogP contribution in [-0.4, -0.2) is 70.0 Å². The Labute approximate surface area is 186 Å². The third-order valence-corrected chi connectivity index (χ3v) is 6.15. The molecule has 3 aromatic heterocycles. The Kier molecular flexibility index (Phi) is 5.56. The van der Waals surface area contributed by atoms with E-state index in [0.717, 1.165) is 25.9 Å². The molecule has 0 bridgehead atoms. The molecule has 1 unspecified atom stereocenters. The van der Waals surface area contributed by atoms with Gasteiger partial charge in [-0.1, -0.05) is 0 Å². The Morgan fingerprint density at radius 2 is 2.12 bits per heavy atom. The van der Waals surface area contributed by atoms with Crippen LogP contribution in [-0.2, 0) is 21.3 Å². The van der Waals surface area contributed by atoms with Crippen LogP contribution in [0.1, 0.15) is 42.8 Å². The van der Waals surface area contributed by atoms with Crippen molar-refractivity contribution in [1.82, 2.24) is 24.5 Å². The van der Waals surface area contributed by atoms with Gasteiger partial charge in [0.25, 0.3) is 0 Å². The Morgan fingerprint density at radius 3 is 2.88 bits per heavy atom. The number of methoxy groups -OCH3 is 1. The van der Waals surface area contributed by atoms with Gasteiger partial charge in [0.1, 0.15) is 34.5 Å². The number of morpholine rings is 1. The summed E-state index contributed by atoms with van der Waals surface area (Å²) < 4.78 is 20.0. The number of nitrogens with zero attached hydrogens (tertiary/aromatic N) is 6. The maximum Gasteiger partial charge on any atom is 0.340 e. The van der Waals surface area contributed by atoms with E-state index in [-0.39, 0.29) is 12.3 Å². The maximum atomic E-state index is 12.7. The van der Waals surface area contributed by atoms with E-state index in [1.165, 1.54) is 7.11 Å². The summed E-state index contributed by atoms with van der Waals surface area (Å²) in [7, 11) is 3.19. The highest BCUT2D eigenvalue weighted by Gasteiger charge is 2.27. The lowest BCUT2D eigenvalue weighted by atomic mass is 10.1. The Hall–Kier alpha value is -2.98. The first-order valence-corrected chi connectivity index (χ1v) is 11.0. The summed E-state index contributed by atoms with van der Waals surface area (Å²) in [5.41, 5.74) is 3.01. The standard InChI is InChI=1S/C22H28N6O4/c1-14-13-31-11-9-27(14)17-12-15(22(29)30-3)21-20(23-17)19(25-26(21)2)16-7-8-28(24-16)18-6-4-5-10-32-18/h7-8,12,14,18H,4-6,9-11,13H2,1-3H3/t14-,18?/m1/s1. The van der Waals surface area contributed by atoms with E-state index in [1.54, 1.807) is 17.8 Å². The number of rotatable bonds is 4. The molecule has 2 saturated heterocycles. The van der Waals surface area contributed by atoms with Crippen LogP contribution < -0.4 is 4.90 Å². The van der Waals surface area contributed by atoms with Crippen LogP contribution in [0.5, 0.6) is 0 Å². The van der Waals surface area contributed by atoms with Crippen molar-refractivity contribution in [2.24, 2.45) is 7.05 Å². The Morgan fingerprint density at radius 1 is 1.25 bits per heavy atom. The average molecular weight is 441 g/mol. The van der Waals surface area contributed by atoms with Crippen molar-refractivity contribution in [3.63, 3.8) is 0 Å². The lowest BCUT2D eigenvalue weighted by Gasteiger charge is -2.34. The largest absolute Gasteiger partial charge is 0.465 e. The van der Waals surface area contributed by atoms with Gasteiger partial charge in [-0.25, -0.2) is 14.5 Å². The summed E-state index contributed by atoms with van der Waals surface area (Å²) in [5.74, 6) is 0.285. The molecule has 0 radical (unpaired) electrons. The Bertz CT molecular complexity index is 1130. The minimum atomic E-state index is -0.421. The number of fused-ring (bicyclic) bond motifs is 1. The van der Waals surface area contributed by atoms with Crippen LogP contribution in [0, 0.1) is 0 Å². The SMILES string of the molecule is COC(=O)c1cc(N2CCOC[C@H]2C)nc2c(-c3ccn(C4CCCCO4)n3)nn(C)c12. The highest BCUT2D eigenvalue weighted by Crippen LogP contribution is 2.32. The lowest BCUT2D eigenvalue weighted by molar-refractivity contribution is -0.0393. The molecule has 0 aliphatic carbocycles. The zero-order valence-corrected chi connectivity index (χ0v) is 18.7. The van der Waals surface area contributed by atoms with E-state index in [1.807, 2.05) is 16.9 Å². The topological polar surface area (TPSA) is 96.5 Å². The molecule has 2 aliphatic rings. The molecule has 0 amide bonds. The van der Waals surface area contributed by atoms with Gasteiger partial charge >= 0.3 is 5.97 Å². The molecule has 5 heterocycles. The average Bonchev–Trinajstić information content (AvgIpc) is 3.44. The van der Waals surface area contributed by atoms with Gasteiger partial charge in [0.15, 0.2) is 0 Å². The van der Waals surface area contributed by atoms with Crippen molar-refractivity contribution in [3.8, 4) is 11.4 Å². The molecule has 10 heteroatoms. The second-order valence-electron chi connectivity index (χ2n) is 8.31. The summed E-state index contributed by atoms with van der Waals surface area (Å²) in [4.78, 5) is 19.8. The van der Waals surface area contributed by atoms with Crippen molar-refractivity contribution in [3.05, 3.63) is 23.9 Å². The minimum absolute atomic E-state index is 0.0594. The molecule has 10 nitrogen and oxygen atoms in total. The highest BCUT2D eigenvalue weighted by atomic mass is 16.5. The predicted molar refractivity (Wildman–Crippen MR) is 118 cm³/mol. The second kappa shape index (κ2) is 8.51. The van der Waals surface area contributed by atoms with Gasteiger partial charge in [-0.3, -0.25) is 4.68 Å². The summed E-state index contributed by atoms with van der Waals surface area (Å²) in [6.07, 6.45) is 5.00. The summed E-state index contributed by atoms with van der Waals surface area (Å²) in [5, 5.41) is 9.43. The predicted octanol–water partition coefficient (Wildman–Crippen LogP) is 2.54. The number of ether oxygens (including phenoxy) is 3. The Balaban J connectivity index is 1.63. The summed E-state index contributed by atoms with van der Waals surface area (Å²) >= 11 is 0. The fraction of sp³-hybridized carbons (Fsp3) is 0.545. The molecular formula is C22H28N6O4. The molecule has 2 fully saturated rings. The van der Waals surface area contributed by atoms with E-state index >= 15 is 0 Å². The smallest absolute Gasteiger partial charge is 0.340 e. The molecule has 3 aromatic rings. The van der Waals surface area contributed by atoms with Crippen molar-refractivity contribution in [2.45, 2.75) is 38.5 Å². The van der Waals surface area contributed by atoms with Crippen LogP contribution >= 0.6 is 0 Å². The number of carbonyl (C=O) groups excluding carboxylic acids is 1. The molecule has 5 rings (SSSR count). The fourth-order valence-electron chi connectivity index (χ4n) is 4.47. The molecule has 2 atom stereocenters. The highest BCUT2D eigenvalue weighted by molar-refractivity contribution is 6.06. The van der Waals surface area contributed by atoms with E-state index < -0.39 is 5.97 Å². The lowest BCUT2D eigenvalue weighted by Crippen LogP contribution is -2.44. The van der Waals surface area contributed by atoms with E-state index in [2.05, 4.69) is 16.9 Å². The van der Waals surface area contributed by atoms with Gasteiger partial charge in [0, 0.05) is 26.4 Å². The second-order valence-corrected chi connectivity index (χ2v) is 8.31. The van der Waals surface area contributed by atoms with E-state index in [4.69, 9.17) is 24.3 Å².